The van der Waals surface area contributed by atoms with Gasteiger partial charge in [-0.2, -0.15) is 4.99 Å². The third-order valence-electron chi connectivity index (χ3n) is 6.14. The van der Waals surface area contributed by atoms with Crippen LogP contribution < -0.4 is 14.8 Å². The molecule has 1 aliphatic rings. The molecule has 4 aromatic rings. The molecule has 8 nitrogen and oxygen atoms in total. The van der Waals surface area contributed by atoms with E-state index < -0.39 is 15.9 Å². The Morgan fingerprint density at radius 3 is 2.34 bits per heavy atom. The van der Waals surface area contributed by atoms with Crippen LogP contribution in [-0.4, -0.2) is 62.1 Å². The van der Waals surface area contributed by atoms with Gasteiger partial charge >= 0.3 is 29.6 Å². The number of carbonyl (C=O) groups is 2. The Morgan fingerprint density at radius 1 is 0.951 bits per heavy atom. The summed E-state index contributed by atoms with van der Waals surface area (Å²) in [5.41, 5.74) is 3.12. The molecule has 11 heteroatoms. The minimum atomic E-state index is -3.94. The van der Waals surface area contributed by atoms with E-state index in [9.17, 15) is 18.0 Å². The molecule has 0 bridgehead atoms. The fraction of sp³-hybridized carbons (Fsp3) is 0.100. The number of methoxy groups -OCH3 is 1. The van der Waals surface area contributed by atoms with E-state index >= 15 is 0 Å². The van der Waals surface area contributed by atoms with Crippen molar-refractivity contribution >= 4 is 90.9 Å². The average molecular weight is 596 g/mol. The molecule has 2 N–H and O–H groups in total. The molecular weight excluding hydrogens is 569 g/mol. The van der Waals surface area contributed by atoms with Crippen LogP contribution in [-0.2, 0) is 26.0 Å². The zero-order chi connectivity index (χ0) is 28.3. The number of nitrogens with zero attached hydrogens (tertiary/aromatic N) is 1. The van der Waals surface area contributed by atoms with Gasteiger partial charge in [0.2, 0.25) is 5.91 Å². The molecule has 5 rings (SSSR count). The molecule has 0 radical (unpaired) electrons. The molecule has 41 heavy (non-hydrogen) atoms. The zero-order valence-corrected chi connectivity index (χ0v) is 23.3. The molecule has 1 heterocycles. The van der Waals surface area contributed by atoms with Crippen molar-refractivity contribution in [1.82, 2.24) is 4.72 Å². The van der Waals surface area contributed by atoms with Crippen molar-refractivity contribution in [1.29, 1.82) is 0 Å². The van der Waals surface area contributed by atoms with E-state index in [1.807, 2.05) is 43.3 Å². The van der Waals surface area contributed by atoms with Crippen LogP contribution in [0.1, 0.15) is 16.7 Å². The van der Waals surface area contributed by atoms with Gasteiger partial charge in [0, 0.05) is 5.69 Å². The average Bonchev–Trinajstić information content (AvgIpc) is 3.27. The van der Waals surface area contributed by atoms with Crippen LogP contribution in [0.15, 0.2) is 99.7 Å². The van der Waals surface area contributed by atoms with Gasteiger partial charge in [-0.1, -0.05) is 48.0 Å². The van der Waals surface area contributed by atoms with Crippen LogP contribution in [0.5, 0.6) is 5.75 Å². The first kappa shape index (κ1) is 30.5. The van der Waals surface area contributed by atoms with Crippen molar-refractivity contribution in [2.75, 3.05) is 12.4 Å². The summed E-state index contributed by atoms with van der Waals surface area (Å²) in [5, 5.41) is 5.63. The van der Waals surface area contributed by atoms with Gasteiger partial charge < -0.3 is 10.1 Å². The van der Waals surface area contributed by atoms with Gasteiger partial charge in [0.15, 0.2) is 5.17 Å². The first-order valence-corrected chi connectivity index (χ1v) is 14.6. The van der Waals surface area contributed by atoms with E-state index in [1.165, 1.54) is 23.9 Å². The van der Waals surface area contributed by atoms with E-state index in [0.29, 0.717) is 21.3 Å². The van der Waals surface area contributed by atoms with Gasteiger partial charge in [0.05, 0.1) is 23.3 Å². The second kappa shape index (κ2) is 13.1. The normalized spacial score (nSPS) is 14.0. The van der Waals surface area contributed by atoms with Crippen LogP contribution in [0, 0.1) is 6.92 Å². The first-order valence-electron chi connectivity index (χ1n) is 12.3. The Morgan fingerprint density at radius 2 is 1.63 bits per heavy atom. The van der Waals surface area contributed by atoms with Gasteiger partial charge in [0.25, 0.3) is 15.9 Å². The number of sulfonamides is 1. The molecule has 0 fully saturated rings. The van der Waals surface area contributed by atoms with Crippen molar-refractivity contribution in [3.63, 3.8) is 0 Å². The topological polar surface area (TPSA) is 114 Å². The summed E-state index contributed by atoms with van der Waals surface area (Å²) in [5.74, 6) is -0.178. The third kappa shape index (κ3) is 7.66. The molecule has 204 valence electrons. The fourth-order valence-corrected chi connectivity index (χ4v) is 5.87. The molecule has 1 aliphatic heterocycles. The van der Waals surface area contributed by atoms with Gasteiger partial charge in [-0.3, -0.25) is 9.59 Å². The summed E-state index contributed by atoms with van der Waals surface area (Å²) >= 11 is 1.24. The molecule has 0 atom stereocenters. The fourth-order valence-electron chi connectivity index (χ4n) is 4.05. The number of fused-ring (bicyclic) bond motifs is 1. The summed E-state index contributed by atoms with van der Waals surface area (Å²) < 4.78 is 32.3. The quantitative estimate of drug-likeness (QED) is 0.236. The zero-order valence-electron chi connectivity index (χ0n) is 21.7. The Labute approximate surface area is 264 Å². The maximum atomic E-state index is 12.5. The van der Waals surface area contributed by atoms with Crippen LogP contribution in [0.4, 0.5) is 5.69 Å². The summed E-state index contributed by atoms with van der Waals surface area (Å²) in [4.78, 5) is 29.5. The van der Waals surface area contributed by atoms with Crippen molar-refractivity contribution in [2.24, 2.45) is 4.99 Å². The van der Waals surface area contributed by atoms with Crippen molar-refractivity contribution in [3.8, 4) is 5.75 Å². The number of aliphatic imine (C=N–C) groups is 1. The number of anilines is 1. The van der Waals surface area contributed by atoms with E-state index in [-0.39, 0.29) is 46.8 Å². The number of nitrogens with one attached hydrogen (secondary N) is 2. The van der Waals surface area contributed by atoms with E-state index in [4.69, 9.17) is 4.74 Å². The van der Waals surface area contributed by atoms with E-state index in [1.54, 1.807) is 49.6 Å². The van der Waals surface area contributed by atoms with Gasteiger partial charge in [-0.15, -0.1) is 0 Å². The molecule has 4 aromatic carbocycles. The Hall–Kier alpha value is -3.41. The number of rotatable bonds is 7. The van der Waals surface area contributed by atoms with E-state index in [2.05, 4.69) is 15.0 Å². The second-order valence-electron chi connectivity index (χ2n) is 9.15. The van der Waals surface area contributed by atoms with Gasteiger partial charge in [0.1, 0.15) is 5.75 Å². The summed E-state index contributed by atoms with van der Waals surface area (Å²) in [7, 11) is -2.31. The molecule has 2 amide bonds. The SMILES string of the molecule is COc1ccc2cc(/C=C3\SC(Nc4ccc(CC(=O)NS(=O)(=O)c5ccc(C)cc5)cc4)=NC3=O)ccc2c1.[NaH]. The van der Waals surface area contributed by atoms with Crippen LogP contribution >= 0.6 is 11.8 Å². The molecule has 0 aromatic heterocycles. The van der Waals surface area contributed by atoms with E-state index in [0.717, 1.165) is 27.6 Å². The molecule has 0 unspecified atom stereocenters. The molecule has 0 saturated heterocycles. The molecular formula is C30H26N3NaO5S2. The number of carbonyl (C=O) groups excluding carboxylic acids is 2. The first-order chi connectivity index (χ1) is 19.2. The predicted molar refractivity (Wildman–Crippen MR) is 166 cm³/mol. The van der Waals surface area contributed by atoms with Crippen LogP contribution in [0.2, 0.25) is 0 Å². The molecule has 0 aliphatic carbocycles. The van der Waals surface area contributed by atoms with Gasteiger partial charge in [-0.05, 0) is 89.1 Å². The number of amides is 2. The summed E-state index contributed by atoms with van der Waals surface area (Å²) in [6.45, 7) is 1.85. The van der Waals surface area contributed by atoms with Crippen LogP contribution in [0.25, 0.3) is 16.8 Å². The number of benzene rings is 4. The second-order valence-corrected chi connectivity index (χ2v) is 11.9. The Balaban J connectivity index is 0.00000387. The molecule has 0 saturated carbocycles. The number of thioether (sulfide) groups is 1. The standard InChI is InChI=1S/C30H25N3O5S2.Na.H/c1-19-3-13-26(14-4-19)40(36,37)33-28(34)17-20-6-10-24(11-7-20)31-30-32-29(35)27(39-30)16-21-5-8-23-18-25(38-2)12-9-22(23)15-21;;/h3-16,18H,17H2,1-2H3,(H,33,34)(H,31,32,35);;/b27-16-;;. The Kier molecular flexibility index (Phi) is 9.72. The number of aryl methyl sites for hydroxylation is 1. The summed E-state index contributed by atoms with van der Waals surface area (Å²) in [6.07, 6.45) is 1.70. The van der Waals surface area contributed by atoms with Crippen molar-refractivity contribution in [2.45, 2.75) is 18.2 Å². The maximum absolute atomic E-state index is 12.5. The number of hydrogen-bond acceptors (Lipinski definition) is 7. The summed E-state index contributed by atoms with van der Waals surface area (Å²) in [6, 6.07) is 24.9. The third-order valence-corrected chi connectivity index (χ3v) is 8.43. The van der Waals surface area contributed by atoms with Crippen molar-refractivity contribution in [3.05, 3.63) is 107 Å². The number of ether oxygens (including phenoxy) is 1. The van der Waals surface area contributed by atoms with Crippen molar-refractivity contribution < 1.29 is 22.7 Å². The minimum absolute atomic E-state index is 0. The van der Waals surface area contributed by atoms with Crippen LogP contribution in [0.3, 0.4) is 0 Å². The molecule has 0 spiro atoms. The number of hydrogen-bond donors (Lipinski definition) is 2. The Bertz CT molecular complexity index is 1790. The predicted octanol–water partition coefficient (Wildman–Crippen LogP) is 4.64. The van der Waals surface area contributed by atoms with Gasteiger partial charge in [-0.25, -0.2) is 13.1 Å². The monoisotopic (exact) mass is 595 g/mol. The number of amidine groups is 1.